The molecule has 3 nitrogen and oxygen atoms in total. The molecule has 0 aliphatic heterocycles. The van der Waals surface area contributed by atoms with E-state index in [4.69, 9.17) is 21.6 Å². The smallest absolute Gasteiger partial charge is 0.137 e. The van der Waals surface area contributed by atoms with E-state index in [2.05, 4.69) is 17.4 Å². The van der Waals surface area contributed by atoms with Crippen LogP contribution in [0.3, 0.4) is 0 Å². The van der Waals surface area contributed by atoms with Gasteiger partial charge in [-0.25, -0.2) is 9.97 Å². The number of halogens is 1. The molecular formula is C22H18ClN3. The number of benzene rings is 3. The Kier molecular flexibility index (Phi) is 4.80. The van der Waals surface area contributed by atoms with Crippen molar-refractivity contribution in [1.29, 1.82) is 0 Å². The van der Waals surface area contributed by atoms with Crippen LogP contribution < -0.4 is 5.32 Å². The number of rotatable bonds is 5. The lowest BCUT2D eigenvalue weighted by Gasteiger charge is -2.11. The van der Waals surface area contributed by atoms with Crippen LogP contribution in [0.2, 0.25) is 5.02 Å². The van der Waals surface area contributed by atoms with E-state index in [1.165, 1.54) is 5.56 Å². The van der Waals surface area contributed by atoms with Gasteiger partial charge in [-0.2, -0.15) is 0 Å². The molecule has 3 aromatic carbocycles. The lowest BCUT2D eigenvalue weighted by atomic mass is 10.1. The maximum absolute atomic E-state index is 6.10. The van der Waals surface area contributed by atoms with Gasteiger partial charge < -0.3 is 5.32 Å². The second-order valence-corrected chi connectivity index (χ2v) is 6.59. The molecule has 0 aliphatic carbocycles. The largest absolute Gasteiger partial charge is 0.365 e. The van der Waals surface area contributed by atoms with Gasteiger partial charge in [-0.15, -0.1) is 0 Å². The SMILES string of the molecule is Clc1cccc(Cc2nc(NCc3ccccc3)c3ccccc3n2)c1. The van der Waals surface area contributed by atoms with E-state index >= 15 is 0 Å². The van der Waals surface area contributed by atoms with Crippen LogP contribution in [0.15, 0.2) is 78.9 Å². The average molecular weight is 360 g/mol. The first kappa shape index (κ1) is 16.6. The van der Waals surface area contributed by atoms with Gasteiger partial charge in [-0.1, -0.05) is 66.2 Å². The van der Waals surface area contributed by atoms with Crippen LogP contribution in [0, 0.1) is 0 Å². The summed E-state index contributed by atoms with van der Waals surface area (Å²) in [4.78, 5) is 9.50. The van der Waals surface area contributed by atoms with Crippen LogP contribution in [0.5, 0.6) is 0 Å². The molecule has 0 fully saturated rings. The zero-order chi connectivity index (χ0) is 17.8. The Morgan fingerprint density at radius 2 is 1.54 bits per heavy atom. The summed E-state index contributed by atoms with van der Waals surface area (Å²) in [6.07, 6.45) is 0.644. The molecular weight excluding hydrogens is 342 g/mol. The van der Waals surface area contributed by atoms with E-state index in [0.29, 0.717) is 6.42 Å². The quantitative estimate of drug-likeness (QED) is 0.512. The molecule has 0 spiro atoms. The number of fused-ring (bicyclic) bond motifs is 1. The standard InChI is InChI=1S/C22H18ClN3/c23-18-10-6-9-17(13-18)14-21-25-20-12-5-4-11-19(20)22(26-21)24-15-16-7-2-1-3-8-16/h1-13H,14-15H2,(H,24,25,26). The number of nitrogens with zero attached hydrogens (tertiary/aromatic N) is 2. The fourth-order valence-corrected chi connectivity index (χ4v) is 3.16. The van der Waals surface area contributed by atoms with Crippen molar-refractivity contribution in [2.24, 2.45) is 0 Å². The Morgan fingerprint density at radius 3 is 2.38 bits per heavy atom. The van der Waals surface area contributed by atoms with Crippen LogP contribution in [-0.2, 0) is 13.0 Å². The highest BCUT2D eigenvalue weighted by atomic mass is 35.5. The van der Waals surface area contributed by atoms with Gasteiger partial charge in [0.15, 0.2) is 0 Å². The minimum absolute atomic E-state index is 0.644. The van der Waals surface area contributed by atoms with Gasteiger partial charge in [0.25, 0.3) is 0 Å². The summed E-state index contributed by atoms with van der Waals surface area (Å²) in [5, 5.41) is 5.22. The van der Waals surface area contributed by atoms with Crippen LogP contribution in [0.25, 0.3) is 10.9 Å². The third-order valence-corrected chi connectivity index (χ3v) is 4.44. The van der Waals surface area contributed by atoms with Crippen molar-refractivity contribution in [3.8, 4) is 0 Å². The maximum atomic E-state index is 6.10. The van der Waals surface area contributed by atoms with Gasteiger partial charge >= 0.3 is 0 Å². The van der Waals surface area contributed by atoms with Gasteiger partial charge in [-0.3, -0.25) is 0 Å². The van der Waals surface area contributed by atoms with E-state index in [-0.39, 0.29) is 0 Å². The van der Waals surface area contributed by atoms with E-state index in [9.17, 15) is 0 Å². The van der Waals surface area contributed by atoms with Crippen molar-refractivity contribution in [1.82, 2.24) is 9.97 Å². The van der Waals surface area contributed by atoms with Gasteiger partial charge in [0.05, 0.1) is 5.52 Å². The Labute approximate surface area is 157 Å². The zero-order valence-corrected chi connectivity index (χ0v) is 14.9. The minimum Gasteiger partial charge on any atom is -0.365 e. The van der Waals surface area contributed by atoms with Gasteiger partial charge in [-0.05, 0) is 35.4 Å². The van der Waals surface area contributed by atoms with Crippen molar-refractivity contribution in [2.45, 2.75) is 13.0 Å². The summed E-state index contributed by atoms with van der Waals surface area (Å²) in [5.74, 6) is 1.64. The van der Waals surface area contributed by atoms with E-state index in [1.54, 1.807) is 0 Å². The average Bonchev–Trinajstić information content (AvgIpc) is 2.67. The first-order chi connectivity index (χ1) is 12.8. The van der Waals surface area contributed by atoms with Gasteiger partial charge in [0.2, 0.25) is 0 Å². The van der Waals surface area contributed by atoms with Crippen molar-refractivity contribution in [3.05, 3.63) is 101 Å². The monoisotopic (exact) mass is 359 g/mol. The Hall–Kier alpha value is -2.91. The van der Waals surface area contributed by atoms with Crippen molar-refractivity contribution >= 4 is 28.3 Å². The molecule has 128 valence electrons. The van der Waals surface area contributed by atoms with E-state index < -0.39 is 0 Å². The third-order valence-electron chi connectivity index (χ3n) is 4.20. The number of hydrogen-bond donors (Lipinski definition) is 1. The lowest BCUT2D eigenvalue weighted by Crippen LogP contribution is -2.06. The number of nitrogens with one attached hydrogen (secondary N) is 1. The van der Waals surface area contributed by atoms with Crippen LogP contribution in [0.1, 0.15) is 17.0 Å². The lowest BCUT2D eigenvalue weighted by molar-refractivity contribution is 0.981. The second kappa shape index (κ2) is 7.54. The molecule has 0 amide bonds. The molecule has 0 aliphatic rings. The Balaban J connectivity index is 1.66. The second-order valence-electron chi connectivity index (χ2n) is 6.15. The van der Waals surface area contributed by atoms with Gasteiger partial charge in [0.1, 0.15) is 11.6 Å². The molecule has 1 heterocycles. The van der Waals surface area contributed by atoms with Crippen LogP contribution in [0.4, 0.5) is 5.82 Å². The minimum atomic E-state index is 0.644. The number of hydrogen-bond acceptors (Lipinski definition) is 3. The van der Waals surface area contributed by atoms with E-state index in [0.717, 1.165) is 39.7 Å². The fourth-order valence-electron chi connectivity index (χ4n) is 2.95. The maximum Gasteiger partial charge on any atom is 0.137 e. The first-order valence-electron chi connectivity index (χ1n) is 8.56. The molecule has 1 N–H and O–H groups in total. The summed E-state index contributed by atoms with van der Waals surface area (Å²) in [6.45, 7) is 0.721. The van der Waals surface area contributed by atoms with Gasteiger partial charge in [0, 0.05) is 23.4 Å². The Morgan fingerprint density at radius 1 is 0.769 bits per heavy atom. The molecule has 4 rings (SSSR count). The molecule has 4 aromatic rings. The van der Waals surface area contributed by atoms with Crippen molar-refractivity contribution in [3.63, 3.8) is 0 Å². The molecule has 0 atom stereocenters. The van der Waals surface area contributed by atoms with Crippen LogP contribution >= 0.6 is 11.6 Å². The highest BCUT2D eigenvalue weighted by Gasteiger charge is 2.08. The van der Waals surface area contributed by atoms with E-state index in [1.807, 2.05) is 66.7 Å². The molecule has 0 saturated carbocycles. The molecule has 0 radical (unpaired) electrons. The molecule has 0 unspecified atom stereocenters. The number of para-hydroxylation sites is 1. The van der Waals surface area contributed by atoms with Crippen molar-refractivity contribution in [2.75, 3.05) is 5.32 Å². The molecule has 4 heteroatoms. The van der Waals surface area contributed by atoms with Crippen molar-refractivity contribution < 1.29 is 0 Å². The summed E-state index contributed by atoms with van der Waals surface area (Å²) in [6, 6.07) is 26.2. The summed E-state index contributed by atoms with van der Waals surface area (Å²) < 4.78 is 0. The molecule has 1 aromatic heterocycles. The predicted molar refractivity (Wildman–Crippen MR) is 108 cm³/mol. The fraction of sp³-hybridized carbons (Fsp3) is 0.0909. The molecule has 0 saturated heterocycles. The number of anilines is 1. The van der Waals surface area contributed by atoms with Crippen LogP contribution in [-0.4, -0.2) is 9.97 Å². The Bertz CT molecular complexity index is 1030. The highest BCUT2D eigenvalue weighted by molar-refractivity contribution is 6.30. The molecule has 0 bridgehead atoms. The first-order valence-corrected chi connectivity index (χ1v) is 8.93. The topological polar surface area (TPSA) is 37.8 Å². The summed E-state index contributed by atoms with van der Waals surface area (Å²) >= 11 is 6.10. The normalized spacial score (nSPS) is 10.8. The zero-order valence-electron chi connectivity index (χ0n) is 14.2. The molecule has 26 heavy (non-hydrogen) atoms. The number of aromatic nitrogens is 2. The third kappa shape index (κ3) is 3.84. The highest BCUT2D eigenvalue weighted by Crippen LogP contribution is 2.22. The summed E-state index contributed by atoms with van der Waals surface area (Å²) in [5.41, 5.74) is 3.25. The predicted octanol–water partition coefficient (Wildman–Crippen LogP) is 5.49. The summed E-state index contributed by atoms with van der Waals surface area (Å²) in [7, 11) is 0.